The molecule has 1 aromatic carbocycles. The molecule has 0 saturated carbocycles. The molecule has 1 heterocycles. The number of carbonyl (C=O) groups is 2. The molecule has 1 N–H and O–H groups in total. The molecule has 0 saturated heterocycles. The Balaban J connectivity index is 2.05. The van der Waals surface area contributed by atoms with Crippen LogP contribution in [-0.4, -0.2) is 67.7 Å². The normalized spacial score (nSPS) is 14.6. The zero-order chi connectivity index (χ0) is 19.7. The number of nitrogens with zero attached hydrogens (tertiary/aromatic N) is 2. The number of non-ortho nitro benzene ring substituents is 1. The molecule has 2 rings (SSSR count). The van der Waals surface area contributed by atoms with Gasteiger partial charge in [0.25, 0.3) is 17.5 Å². The number of carbonyl (C=O) groups excluding carboxylic acids is 2. The van der Waals surface area contributed by atoms with Crippen molar-refractivity contribution in [3.8, 4) is 0 Å². The number of sulfone groups is 1. The summed E-state index contributed by atoms with van der Waals surface area (Å²) in [4.78, 5) is 35.0. The van der Waals surface area contributed by atoms with Crippen molar-refractivity contribution in [1.82, 2.24) is 4.90 Å². The molecule has 2 amide bonds. The summed E-state index contributed by atoms with van der Waals surface area (Å²) < 4.78 is 56.6. The number of benzene rings is 1. The van der Waals surface area contributed by atoms with Crippen molar-refractivity contribution >= 4 is 37.7 Å². The molecule has 0 bridgehead atoms. The smallest absolute Gasteiger partial charge is 0.273 e. The van der Waals surface area contributed by atoms with Gasteiger partial charge < -0.3 is 0 Å². The molecule has 0 aliphatic carbocycles. The number of nitro benzene ring substituents is 1. The van der Waals surface area contributed by atoms with Gasteiger partial charge in [-0.1, -0.05) is 0 Å². The molecule has 0 atom stereocenters. The van der Waals surface area contributed by atoms with Gasteiger partial charge in [-0.2, -0.15) is 8.42 Å². The van der Waals surface area contributed by atoms with Gasteiger partial charge in [0.15, 0.2) is 9.84 Å². The molecule has 0 spiro atoms. The van der Waals surface area contributed by atoms with E-state index in [1.165, 1.54) is 0 Å². The first-order valence-electron chi connectivity index (χ1n) is 6.88. The van der Waals surface area contributed by atoms with Crippen molar-refractivity contribution in [3.05, 3.63) is 39.4 Å². The Morgan fingerprint density at radius 3 is 2.27 bits per heavy atom. The van der Waals surface area contributed by atoms with Gasteiger partial charge >= 0.3 is 10.4 Å². The lowest BCUT2D eigenvalue weighted by atomic mass is 10.1. The van der Waals surface area contributed by atoms with Crippen molar-refractivity contribution in [2.45, 2.75) is 0 Å². The second-order valence-electron chi connectivity index (χ2n) is 5.15. The number of rotatable bonds is 8. The summed E-state index contributed by atoms with van der Waals surface area (Å²) in [5.41, 5.74) is -0.661. The van der Waals surface area contributed by atoms with Crippen LogP contribution in [-0.2, 0) is 24.4 Å². The molecule has 0 aromatic heterocycles. The largest absolute Gasteiger partial charge is 0.397 e. The standard InChI is InChI=1S/C12H12N2O10S2/c15-11-9-2-1-8(14(17)18)7-10(9)12(16)13(11)3-5-25(19,20)6-4-24-26(21,22)23/h1-2,7H,3-6H2,(H,21,22,23). The van der Waals surface area contributed by atoms with Crippen LogP contribution in [0.2, 0.25) is 0 Å². The lowest BCUT2D eigenvalue weighted by molar-refractivity contribution is -0.384. The minimum absolute atomic E-state index is 0.0762. The van der Waals surface area contributed by atoms with Crippen LogP contribution >= 0.6 is 0 Å². The minimum Gasteiger partial charge on any atom is -0.273 e. The molecule has 142 valence electrons. The Morgan fingerprint density at radius 1 is 1.08 bits per heavy atom. The van der Waals surface area contributed by atoms with Gasteiger partial charge in [0.2, 0.25) is 0 Å². The van der Waals surface area contributed by atoms with Gasteiger partial charge in [0.05, 0.1) is 34.2 Å². The van der Waals surface area contributed by atoms with E-state index < -0.39 is 61.6 Å². The molecule has 1 aliphatic heterocycles. The Bertz CT molecular complexity index is 983. The van der Waals surface area contributed by atoms with Crippen LogP contribution < -0.4 is 0 Å². The molecule has 14 heteroatoms. The number of imide groups is 1. The number of amides is 2. The molecule has 0 radical (unpaired) electrons. The third-order valence-corrected chi connectivity index (χ3v) is 5.48. The highest BCUT2D eigenvalue weighted by Gasteiger charge is 2.37. The molecule has 26 heavy (non-hydrogen) atoms. The summed E-state index contributed by atoms with van der Waals surface area (Å²) >= 11 is 0. The summed E-state index contributed by atoms with van der Waals surface area (Å²) in [7, 11) is -8.68. The second kappa shape index (κ2) is 7.06. The number of nitro groups is 1. The number of hydrogen-bond donors (Lipinski definition) is 1. The molecular weight excluding hydrogens is 396 g/mol. The zero-order valence-electron chi connectivity index (χ0n) is 12.9. The average Bonchev–Trinajstić information content (AvgIpc) is 2.75. The fraction of sp³-hybridized carbons (Fsp3) is 0.333. The van der Waals surface area contributed by atoms with Crippen LogP contribution in [0.5, 0.6) is 0 Å². The molecule has 1 aliphatic rings. The predicted molar refractivity (Wildman–Crippen MR) is 84.6 cm³/mol. The average molecular weight is 408 g/mol. The maximum Gasteiger partial charge on any atom is 0.397 e. The molecule has 12 nitrogen and oxygen atoms in total. The van der Waals surface area contributed by atoms with Crippen molar-refractivity contribution in [1.29, 1.82) is 0 Å². The first kappa shape index (κ1) is 19.9. The summed E-state index contributed by atoms with van der Waals surface area (Å²) in [5, 5.41) is 10.7. The first-order chi connectivity index (χ1) is 11.9. The van der Waals surface area contributed by atoms with Crippen molar-refractivity contribution < 1.29 is 40.1 Å². The lowest BCUT2D eigenvalue weighted by Crippen LogP contribution is -2.35. The third-order valence-electron chi connectivity index (χ3n) is 3.42. The molecule has 0 fully saturated rings. The van der Waals surface area contributed by atoms with Gasteiger partial charge in [0.1, 0.15) is 0 Å². The molecule has 1 aromatic rings. The maximum atomic E-state index is 12.2. The van der Waals surface area contributed by atoms with Gasteiger partial charge in [-0.3, -0.25) is 29.2 Å². The van der Waals surface area contributed by atoms with E-state index in [2.05, 4.69) is 4.18 Å². The van der Waals surface area contributed by atoms with E-state index in [4.69, 9.17) is 4.55 Å². The Morgan fingerprint density at radius 2 is 1.69 bits per heavy atom. The SMILES string of the molecule is O=C1c2ccc([N+](=O)[O-])cc2C(=O)N1CCS(=O)(=O)CCOS(=O)(=O)O. The first-order valence-corrected chi connectivity index (χ1v) is 10.1. The molecule has 0 unspecified atom stereocenters. The van der Waals surface area contributed by atoms with E-state index in [9.17, 15) is 36.5 Å². The van der Waals surface area contributed by atoms with Crippen LogP contribution in [0.15, 0.2) is 18.2 Å². The molecular formula is C12H12N2O10S2. The fourth-order valence-corrected chi connectivity index (χ4v) is 3.60. The van der Waals surface area contributed by atoms with E-state index in [0.29, 0.717) is 4.90 Å². The highest BCUT2D eigenvalue weighted by Crippen LogP contribution is 2.26. The monoisotopic (exact) mass is 408 g/mol. The van der Waals surface area contributed by atoms with E-state index in [0.717, 1.165) is 18.2 Å². The van der Waals surface area contributed by atoms with E-state index in [1.54, 1.807) is 0 Å². The van der Waals surface area contributed by atoms with Crippen LogP contribution in [0.25, 0.3) is 0 Å². The van der Waals surface area contributed by atoms with Gasteiger partial charge in [-0.15, -0.1) is 0 Å². The van der Waals surface area contributed by atoms with Crippen LogP contribution in [0, 0.1) is 10.1 Å². The summed E-state index contributed by atoms with van der Waals surface area (Å²) in [6, 6.07) is 3.10. The van der Waals surface area contributed by atoms with E-state index in [-0.39, 0.29) is 16.8 Å². The topological polar surface area (TPSA) is 178 Å². The Kier molecular flexibility index (Phi) is 5.41. The zero-order valence-corrected chi connectivity index (χ0v) is 14.5. The van der Waals surface area contributed by atoms with E-state index >= 15 is 0 Å². The van der Waals surface area contributed by atoms with Crippen molar-refractivity contribution in [2.24, 2.45) is 0 Å². The quantitative estimate of drug-likeness (QED) is 0.253. The third kappa shape index (κ3) is 4.60. The van der Waals surface area contributed by atoms with Crippen molar-refractivity contribution in [3.63, 3.8) is 0 Å². The van der Waals surface area contributed by atoms with Crippen LogP contribution in [0.1, 0.15) is 20.7 Å². The van der Waals surface area contributed by atoms with Gasteiger partial charge in [-0.05, 0) is 6.07 Å². The fourth-order valence-electron chi connectivity index (χ4n) is 2.19. The number of hydrogen-bond acceptors (Lipinski definition) is 9. The van der Waals surface area contributed by atoms with Crippen LogP contribution in [0.4, 0.5) is 5.69 Å². The van der Waals surface area contributed by atoms with Gasteiger partial charge in [-0.25, -0.2) is 12.6 Å². The maximum absolute atomic E-state index is 12.2. The summed E-state index contributed by atoms with van der Waals surface area (Å²) in [6.07, 6.45) is 0. The predicted octanol–water partition coefficient (Wildman–Crippen LogP) is -0.575. The van der Waals surface area contributed by atoms with Gasteiger partial charge in [0, 0.05) is 18.7 Å². The Labute approximate surface area is 147 Å². The summed E-state index contributed by atoms with van der Waals surface area (Å²) in [5.74, 6) is -3.08. The van der Waals surface area contributed by atoms with Crippen molar-refractivity contribution in [2.75, 3.05) is 24.7 Å². The lowest BCUT2D eigenvalue weighted by Gasteiger charge is -2.13. The summed E-state index contributed by atoms with van der Waals surface area (Å²) in [6.45, 7) is -1.34. The van der Waals surface area contributed by atoms with E-state index in [1.807, 2.05) is 0 Å². The van der Waals surface area contributed by atoms with Crippen LogP contribution in [0.3, 0.4) is 0 Å². The highest BCUT2D eigenvalue weighted by atomic mass is 32.3. The minimum atomic E-state index is -4.78. The number of fused-ring (bicyclic) bond motifs is 1. The second-order valence-corrected chi connectivity index (χ2v) is 8.55. The Hall–Kier alpha value is -2.42. The highest BCUT2D eigenvalue weighted by molar-refractivity contribution is 7.91.